The molecule has 0 saturated carbocycles. The number of aromatic nitrogens is 10. The number of carbonyl (C=O) groups is 4. The van der Waals surface area contributed by atoms with Crippen LogP contribution in [-0.2, 0) is 40.1 Å². The third kappa shape index (κ3) is 19.8. The van der Waals surface area contributed by atoms with Gasteiger partial charge in [-0.2, -0.15) is 0 Å². The number of ketones is 2. The number of benzene rings is 4. The van der Waals surface area contributed by atoms with Gasteiger partial charge in [0.25, 0.3) is 22.8 Å². The van der Waals surface area contributed by atoms with Crippen molar-refractivity contribution in [3.05, 3.63) is 253 Å². The first kappa shape index (κ1) is 85.1. The highest BCUT2D eigenvalue weighted by molar-refractivity contribution is 6.11. The number of hydrogen-bond acceptors (Lipinski definition) is 17. The van der Waals surface area contributed by atoms with E-state index in [9.17, 15) is 28.8 Å². The van der Waals surface area contributed by atoms with Crippen LogP contribution < -0.4 is 31.6 Å². The van der Waals surface area contributed by atoms with Crippen LogP contribution in [-0.4, -0.2) is 175 Å². The van der Waals surface area contributed by atoms with Crippen LogP contribution in [0.2, 0.25) is 0 Å². The minimum Gasteiger partial charge on any atom is -0.381 e. The van der Waals surface area contributed by atoms with E-state index in [-0.39, 0.29) is 53.4 Å². The SMILES string of the molecule is C=CC(=O)Nc1cc(C)cc(CCC)c1CNC(=O)c1cc(-c2ccc(N3CCN(C)CC3)nc2)cc2c1ccn2C(C)C.Cc1nc(C)c(CCC(=O)c2cc(-c3ccc(N4CCN(C)CC4)nc3)cc3c2ccn3C2CCOCC2)c(=O)[nH]1.[C-]#[N+]c1ccc(-c2cc(C(=O)CCc3c(C)nc(C)[nH]c3=O)c3ccn(C4CCOCC4)c3c2)cn1. The van der Waals surface area contributed by atoms with Crippen LogP contribution in [0.3, 0.4) is 0 Å². The molecule has 0 radical (unpaired) electrons. The Bertz CT molecular complexity index is 5960. The van der Waals surface area contributed by atoms with E-state index < -0.39 is 0 Å². The van der Waals surface area contributed by atoms with Crippen LogP contribution >= 0.6 is 0 Å². The van der Waals surface area contributed by atoms with Crippen LogP contribution in [0.25, 0.3) is 70.9 Å². The fraction of sp³-hybridized carbons (Fsp3) is 0.375. The summed E-state index contributed by atoms with van der Waals surface area (Å²) in [5, 5.41) is 8.87. The Morgan fingerprint density at radius 1 is 0.554 bits per heavy atom. The number of nitrogens with one attached hydrogen (secondary N) is 4. The molecule has 4 aliphatic rings. The Morgan fingerprint density at radius 2 is 1.01 bits per heavy atom. The van der Waals surface area contributed by atoms with Crippen molar-refractivity contribution in [3.63, 3.8) is 0 Å². The second-order valence-corrected chi connectivity index (χ2v) is 32.6. The third-order valence-electron chi connectivity index (χ3n) is 23.9. The molecular weight excluding hydrogens is 1520 g/mol. The first-order chi connectivity index (χ1) is 58.5. The molecule has 12 heterocycles. The zero-order valence-corrected chi connectivity index (χ0v) is 71.1. The first-order valence-electron chi connectivity index (χ1n) is 42.3. The molecule has 121 heavy (non-hydrogen) atoms. The number of pyridine rings is 3. The Balaban J connectivity index is 0.000000149. The maximum atomic E-state index is 14.0. The second kappa shape index (κ2) is 38.4. The van der Waals surface area contributed by atoms with E-state index in [1.165, 1.54) is 6.08 Å². The summed E-state index contributed by atoms with van der Waals surface area (Å²) in [4.78, 5) is 119. The van der Waals surface area contributed by atoms with Crippen molar-refractivity contribution in [1.82, 2.24) is 63.7 Å². The number of likely N-dealkylation sites (N-methyl/N-ethyl adjacent to an activating group) is 2. The number of ether oxygens (including phenoxy) is 2. The average Bonchev–Trinajstić information content (AvgIpc) is 1.66. The third-order valence-corrected chi connectivity index (χ3v) is 23.9. The van der Waals surface area contributed by atoms with Crippen LogP contribution in [0.1, 0.15) is 166 Å². The molecule has 25 nitrogen and oxygen atoms in total. The number of aromatic amines is 2. The summed E-state index contributed by atoms with van der Waals surface area (Å²) in [6.07, 6.45) is 19.6. The molecular formula is C96H109N17O8. The van der Waals surface area contributed by atoms with Crippen LogP contribution in [0.5, 0.6) is 0 Å². The van der Waals surface area contributed by atoms with Crippen molar-refractivity contribution in [3.8, 4) is 33.4 Å². The topological polar surface area (TPSA) is 273 Å². The Labute approximate surface area is 706 Å². The second-order valence-electron chi connectivity index (χ2n) is 32.6. The number of rotatable bonds is 23. The van der Waals surface area contributed by atoms with Gasteiger partial charge in [-0.1, -0.05) is 38.6 Å². The van der Waals surface area contributed by atoms with E-state index in [2.05, 4.69) is 182 Å². The molecule has 8 aromatic heterocycles. The minimum atomic E-state index is -0.276. The number of Topliss-reactive ketones (excluding diaryl/α,β-unsaturated/α-hetero) is 2. The van der Waals surface area contributed by atoms with Crippen molar-refractivity contribution in [2.45, 2.75) is 144 Å². The Morgan fingerprint density at radius 3 is 1.44 bits per heavy atom. The number of anilines is 3. The van der Waals surface area contributed by atoms with Gasteiger partial charge >= 0.3 is 0 Å². The van der Waals surface area contributed by atoms with Crippen molar-refractivity contribution >= 4 is 79.2 Å². The van der Waals surface area contributed by atoms with E-state index in [0.717, 1.165) is 212 Å². The molecule has 4 saturated heterocycles. The van der Waals surface area contributed by atoms with Crippen molar-refractivity contribution < 1.29 is 28.7 Å². The van der Waals surface area contributed by atoms with E-state index in [1.807, 2.05) is 74.9 Å². The molecule has 0 aliphatic carbocycles. The van der Waals surface area contributed by atoms with Crippen LogP contribution in [0.15, 0.2) is 163 Å². The highest BCUT2D eigenvalue weighted by Crippen LogP contribution is 2.38. The number of carbonyl (C=O) groups excluding carboxylic acids is 4. The predicted octanol–water partition coefficient (Wildman–Crippen LogP) is 15.8. The Kier molecular flexibility index (Phi) is 27.0. The number of amides is 2. The summed E-state index contributed by atoms with van der Waals surface area (Å²) < 4.78 is 17.9. The number of nitrogens with zero attached hydrogens (tertiary/aromatic N) is 13. The van der Waals surface area contributed by atoms with E-state index in [4.69, 9.17) is 26.0 Å². The lowest BCUT2D eigenvalue weighted by atomic mass is 9.95. The fourth-order valence-corrected chi connectivity index (χ4v) is 17.1. The van der Waals surface area contributed by atoms with Gasteiger partial charge in [0.1, 0.15) is 29.5 Å². The molecule has 0 bridgehead atoms. The summed E-state index contributed by atoms with van der Waals surface area (Å²) in [7, 11) is 4.30. The van der Waals surface area contributed by atoms with Gasteiger partial charge in [0.2, 0.25) is 5.91 Å². The average molecular weight is 1630 g/mol. The zero-order valence-electron chi connectivity index (χ0n) is 71.1. The van der Waals surface area contributed by atoms with Gasteiger partial charge in [0.05, 0.1) is 0 Å². The van der Waals surface area contributed by atoms with Gasteiger partial charge in [-0.25, -0.2) is 19.9 Å². The van der Waals surface area contributed by atoms with Gasteiger partial charge in [0.15, 0.2) is 11.6 Å². The van der Waals surface area contributed by atoms with Gasteiger partial charge in [-0.05, 0) is 238 Å². The number of hydrogen-bond donors (Lipinski definition) is 4. The maximum absolute atomic E-state index is 14.0. The lowest BCUT2D eigenvalue weighted by Gasteiger charge is -2.33. The van der Waals surface area contributed by atoms with Gasteiger partial charge in [-0.15, -0.1) is 4.98 Å². The number of fused-ring (bicyclic) bond motifs is 3. The lowest BCUT2D eigenvalue weighted by molar-refractivity contribution is -0.111. The van der Waals surface area contributed by atoms with E-state index >= 15 is 0 Å². The first-order valence-corrected chi connectivity index (χ1v) is 42.3. The number of piperazine rings is 2. The smallest absolute Gasteiger partial charge is 0.269 e. The quantitative estimate of drug-likeness (QED) is 0.0263. The summed E-state index contributed by atoms with van der Waals surface area (Å²) in [6.45, 7) is 37.5. The van der Waals surface area contributed by atoms with Crippen molar-refractivity contribution in [1.29, 1.82) is 0 Å². The number of H-pyrrole nitrogens is 2. The molecule has 626 valence electrons. The Hall–Kier alpha value is -12.3. The van der Waals surface area contributed by atoms with E-state index in [1.54, 1.807) is 33.0 Å². The minimum absolute atomic E-state index is 0.0166. The summed E-state index contributed by atoms with van der Waals surface area (Å²) in [5.41, 5.74) is 16.4. The monoisotopic (exact) mass is 1630 g/mol. The molecule has 4 aliphatic heterocycles. The molecule has 0 spiro atoms. The largest absolute Gasteiger partial charge is 0.381 e. The molecule has 0 unspecified atom stereocenters. The molecule has 0 atom stereocenters. The molecule has 25 heteroatoms. The van der Waals surface area contributed by atoms with Gasteiger partial charge in [0, 0.05) is 242 Å². The normalized spacial score (nSPS) is 15.0. The van der Waals surface area contributed by atoms with Crippen molar-refractivity contribution in [2.75, 3.05) is 108 Å². The summed E-state index contributed by atoms with van der Waals surface area (Å²) in [5.74, 6) is 2.98. The standard InChI is InChI=1S/C36H44N6O2.C32H38N6O3.C28H27N5O3/c1-7-9-26-18-25(5)19-32(39-35(43)8-2)31(26)23-38-36(44)30-20-28(21-33-29(30)12-13-42(33)24(3)4)27-10-11-34(37-22-27)41-16-14-40(6)15-17-41;1-21-26(32(40)35-22(2)34-21)5-6-30(39)28-18-24(19-29-27(28)8-11-38(29)25-9-16-41-17-10-25)23-4-7-31(33-20-23)37-14-12-36(3)13-15-37;1-17-22(28(35)32-18(2)31-17)5-6-26(34)24-14-20(19-4-7-27(29-3)30-16-19)15-25-23(24)8-11-33(25)21-9-12-36-13-10-21/h8,10-13,18-22,24H,2,7,9,14-17,23H2,1,3-6H3,(H,38,44)(H,39,43);4,7-8,11,18-20,25H,5-6,9-10,12-17H2,1-3H3,(H,34,35,40);4,7-8,11,14-16,21H,5-6,9-10,12-13H2,1-2H3,(H,31,32,35). The number of aryl methyl sites for hydroxylation is 6. The fourth-order valence-electron chi connectivity index (χ4n) is 17.1. The van der Waals surface area contributed by atoms with Gasteiger partial charge in [-0.3, -0.25) is 28.8 Å². The van der Waals surface area contributed by atoms with Crippen LogP contribution in [0.4, 0.5) is 23.1 Å². The molecule has 4 aromatic carbocycles. The highest BCUT2D eigenvalue weighted by atomic mass is 16.5. The molecule has 4 N–H and O–H groups in total. The predicted molar refractivity (Wildman–Crippen MR) is 479 cm³/mol. The zero-order chi connectivity index (χ0) is 85.1. The summed E-state index contributed by atoms with van der Waals surface area (Å²) >= 11 is 0. The maximum Gasteiger partial charge on any atom is 0.269 e. The van der Waals surface area contributed by atoms with Crippen molar-refractivity contribution in [2.24, 2.45) is 0 Å². The van der Waals surface area contributed by atoms with E-state index in [0.29, 0.717) is 93.8 Å². The lowest BCUT2D eigenvalue weighted by Crippen LogP contribution is -2.44. The molecule has 2 amide bonds. The molecule has 12 aromatic rings. The highest BCUT2D eigenvalue weighted by Gasteiger charge is 2.27. The molecule has 4 fully saturated rings. The summed E-state index contributed by atoms with van der Waals surface area (Å²) in [6, 6.07) is 35.3. The van der Waals surface area contributed by atoms with Crippen LogP contribution in [0, 0.1) is 41.2 Å². The molecule has 16 rings (SSSR count). The van der Waals surface area contributed by atoms with Gasteiger partial charge < -0.3 is 68.2 Å².